The molecule has 15 heavy (non-hydrogen) atoms. The van der Waals surface area contributed by atoms with Crippen LogP contribution in [0.5, 0.6) is 0 Å². The molecule has 0 aliphatic heterocycles. The van der Waals surface area contributed by atoms with Gasteiger partial charge >= 0.3 is 0 Å². The minimum atomic E-state index is -3.63. The van der Waals surface area contributed by atoms with Crippen LogP contribution in [0.25, 0.3) is 0 Å². The van der Waals surface area contributed by atoms with E-state index in [4.69, 9.17) is 0 Å². The van der Waals surface area contributed by atoms with E-state index in [0.717, 1.165) is 9.83 Å². The van der Waals surface area contributed by atoms with E-state index in [9.17, 15) is 13.5 Å². The number of hydrogen-bond acceptors (Lipinski definition) is 3. The van der Waals surface area contributed by atoms with E-state index in [2.05, 4.69) is 27.0 Å². The Hall–Kier alpha value is 0.1000. The molecule has 0 radical (unpaired) electrons. The Balaban J connectivity index is 3.24. The lowest BCUT2D eigenvalue weighted by Crippen LogP contribution is -2.21. The van der Waals surface area contributed by atoms with Crippen molar-refractivity contribution >= 4 is 61.1 Å². The van der Waals surface area contributed by atoms with Gasteiger partial charge in [0.1, 0.15) is 0 Å². The van der Waals surface area contributed by atoms with Gasteiger partial charge in [-0.3, -0.25) is 0 Å². The van der Waals surface area contributed by atoms with Crippen molar-refractivity contribution in [1.82, 2.24) is 0 Å². The monoisotopic (exact) mass is 450 g/mol. The molecule has 0 aromatic heterocycles. The Morgan fingerprint density at radius 3 is 2.47 bits per heavy atom. The lowest BCUT2D eigenvalue weighted by Gasteiger charge is -2.11. The third-order valence-corrected chi connectivity index (χ3v) is 3.47. The van der Waals surface area contributed by atoms with E-state index < -0.39 is 15.9 Å². The highest BCUT2D eigenvalue weighted by atomic mass is 127. The van der Waals surface area contributed by atoms with Crippen molar-refractivity contribution in [3.8, 4) is 0 Å². The van der Waals surface area contributed by atoms with E-state index in [1.54, 1.807) is 18.2 Å². The van der Waals surface area contributed by atoms with E-state index >= 15 is 0 Å². The van der Waals surface area contributed by atoms with Gasteiger partial charge in [-0.1, -0.05) is 6.07 Å². The Kier molecular flexibility index (Phi) is 4.35. The summed E-state index contributed by atoms with van der Waals surface area (Å²) in [6, 6.07) is 5.08. The van der Waals surface area contributed by atoms with Crippen molar-refractivity contribution in [2.75, 3.05) is 6.26 Å². The zero-order valence-electron chi connectivity index (χ0n) is 7.57. The average Bonchev–Trinajstić information content (AvgIpc) is 1.99. The van der Waals surface area contributed by atoms with Crippen LogP contribution in [0.3, 0.4) is 0 Å². The normalized spacial score (nSPS) is 12.9. The predicted molar refractivity (Wildman–Crippen MR) is 73.3 cm³/mol. The van der Waals surface area contributed by atoms with E-state index in [1.165, 1.54) is 0 Å². The molecular weight excluding hydrogens is 444 g/mol. The average molecular weight is 450 g/mol. The van der Waals surface area contributed by atoms with Gasteiger partial charge in [0.15, 0.2) is 0 Å². The maximum atomic E-state index is 11.4. The Morgan fingerprint density at radius 1 is 1.40 bits per heavy atom. The molecule has 0 atom stereocenters. The quantitative estimate of drug-likeness (QED) is 0.383. The second kappa shape index (κ2) is 4.95. The summed E-state index contributed by atoms with van der Waals surface area (Å²) in [4.78, 5) is 0. The smallest absolute Gasteiger partial charge is 0.249 e. The van der Waals surface area contributed by atoms with Gasteiger partial charge in [0, 0.05) is 13.0 Å². The van der Waals surface area contributed by atoms with Crippen molar-refractivity contribution in [2.45, 2.75) is 0 Å². The number of benzene rings is 1. The fourth-order valence-corrected chi connectivity index (χ4v) is 3.10. The summed E-state index contributed by atoms with van der Waals surface area (Å²) in [5.74, 6) is -0.724. The summed E-state index contributed by atoms with van der Waals surface area (Å²) in [6.45, 7) is 0. The SMILES string of the molecule is CS(=O)(=O)/N=C(\[O-])c1ccc(I)cc1I. The zero-order chi connectivity index (χ0) is 11.6. The highest BCUT2D eigenvalue weighted by Crippen LogP contribution is 2.16. The summed E-state index contributed by atoms with van der Waals surface area (Å²) >= 11 is 4.08. The minimum Gasteiger partial charge on any atom is -0.858 e. The standard InChI is InChI=1S/C8H7I2NO3S/c1-15(13,14)11-8(12)6-3-2-5(9)4-7(6)10/h2-4H,1H3,(H,11,12)/p-1. The molecule has 1 aromatic rings. The lowest BCUT2D eigenvalue weighted by molar-refractivity contribution is -0.212. The molecule has 0 heterocycles. The molecule has 7 heteroatoms. The maximum absolute atomic E-state index is 11.4. The maximum Gasteiger partial charge on any atom is 0.249 e. The van der Waals surface area contributed by atoms with E-state index in [1.807, 2.05) is 22.6 Å². The molecule has 0 saturated carbocycles. The van der Waals surface area contributed by atoms with Gasteiger partial charge in [-0.2, -0.15) is 4.40 Å². The summed E-state index contributed by atoms with van der Waals surface area (Å²) in [5, 5.41) is 11.4. The van der Waals surface area contributed by atoms with Crippen LogP contribution in [0.1, 0.15) is 5.56 Å². The molecule has 0 fully saturated rings. The molecule has 82 valence electrons. The molecule has 0 amide bonds. The molecule has 0 N–H and O–H groups in total. The first-order chi connectivity index (χ1) is 6.79. The van der Waals surface area contributed by atoms with Gasteiger partial charge in [0.25, 0.3) is 0 Å². The van der Waals surface area contributed by atoms with Crippen LogP contribution in [0.2, 0.25) is 0 Å². The number of nitrogens with zero attached hydrogens (tertiary/aromatic N) is 1. The topological polar surface area (TPSA) is 69.6 Å². The number of rotatable bonds is 2. The van der Waals surface area contributed by atoms with Crippen molar-refractivity contribution in [3.05, 3.63) is 30.9 Å². The molecule has 0 aliphatic carbocycles. The molecule has 1 rings (SSSR count). The van der Waals surface area contributed by atoms with Crippen molar-refractivity contribution < 1.29 is 13.5 Å². The van der Waals surface area contributed by atoms with E-state index in [-0.39, 0.29) is 0 Å². The first-order valence-corrected chi connectivity index (χ1v) is 7.72. The van der Waals surface area contributed by atoms with Crippen LogP contribution in [0, 0.1) is 7.14 Å². The lowest BCUT2D eigenvalue weighted by atomic mass is 10.2. The highest BCUT2D eigenvalue weighted by molar-refractivity contribution is 14.1. The molecule has 0 saturated heterocycles. The highest BCUT2D eigenvalue weighted by Gasteiger charge is 2.03. The van der Waals surface area contributed by atoms with Crippen LogP contribution in [-0.2, 0) is 10.0 Å². The van der Waals surface area contributed by atoms with Gasteiger partial charge in [-0.05, 0) is 62.9 Å². The minimum absolute atomic E-state index is 0.307. The number of hydrogen-bond donors (Lipinski definition) is 0. The summed E-state index contributed by atoms with van der Waals surface area (Å²) in [6.07, 6.45) is 0.893. The van der Waals surface area contributed by atoms with Gasteiger partial charge in [-0.25, -0.2) is 8.42 Å². The number of halogens is 2. The Bertz CT molecular complexity index is 511. The molecule has 0 bridgehead atoms. The van der Waals surface area contributed by atoms with Crippen LogP contribution in [0.15, 0.2) is 22.6 Å². The van der Waals surface area contributed by atoms with Crippen molar-refractivity contribution in [2.24, 2.45) is 4.40 Å². The van der Waals surface area contributed by atoms with Crippen LogP contribution in [-0.4, -0.2) is 20.6 Å². The van der Waals surface area contributed by atoms with Crippen LogP contribution in [0.4, 0.5) is 0 Å². The summed E-state index contributed by atoms with van der Waals surface area (Å²) in [7, 11) is -3.63. The molecule has 0 aliphatic rings. The molecular formula is C8H6I2NO3S-. The molecule has 1 aromatic carbocycles. The van der Waals surface area contributed by atoms with Gasteiger partial charge in [0.05, 0.1) is 6.26 Å². The second-order valence-corrected chi connectivity index (χ2v) is 6.81. The van der Waals surface area contributed by atoms with E-state index in [0.29, 0.717) is 9.13 Å². The largest absolute Gasteiger partial charge is 0.858 e. The third-order valence-electron chi connectivity index (χ3n) is 1.41. The van der Waals surface area contributed by atoms with Crippen molar-refractivity contribution in [3.63, 3.8) is 0 Å². The predicted octanol–water partition coefficient (Wildman–Crippen LogP) is 0.962. The summed E-state index contributed by atoms with van der Waals surface area (Å²) < 4.78 is 26.4. The van der Waals surface area contributed by atoms with Crippen LogP contribution >= 0.6 is 45.2 Å². The first-order valence-electron chi connectivity index (χ1n) is 3.72. The fourth-order valence-electron chi connectivity index (χ4n) is 0.863. The van der Waals surface area contributed by atoms with Gasteiger partial charge in [0.2, 0.25) is 10.0 Å². The molecule has 4 nitrogen and oxygen atoms in total. The second-order valence-electron chi connectivity index (χ2n) is 2.75. The summed E-state index contributed by atoms with van der Waals surface area (Å²) in [5.41, 5.74) is 0.307. The Morgan fingerprint density at radius 2 is 2.00 bits per heavy atom. The molecule has 0 spiro atoms. The first kappa shape index (κ1) is 13.2. The van der Waals surface area contributed by atoms with Gasteiger partial charge in [-0.15, -0.1) is 0 Å². The number of sulfonamides is 1. The fraction of sp³-hybridized carbons (Fsp3) is 0.125. The van der Waals surface area contributed by atoms with Crippen LogP contribution < -0.4 is 5.11 Å². The third kappa shape index (κ3) is 4.23. The van der Waals surface area contributed by atoms with Crippen molar-refractivity contribution in [1.29, 1.82) is 0 Å². The molecule has 0 unspecified atom stereocenters. The zero-order valence-corrected chi connectivity index (χ0v) is 12.7. The Labute approximate surface area is 115 Å². The van der Waals surface area contributed by atoms with Gasteiger partial charge < -0.3 is 5.11 Å².